The highest BCUT2D eigenvalue weighted by Gasteiger charge is 2.02. The van der Waals surface area contributed by atoms with E-state index in [-0.39, 0.29) is 24.0 Å². The monoisotopic (exact) mass is 444 g/mol. The van der Waals surface area contributed by atoms with E-state index in [9.17, 15) is 0 Å². The van der Waals surface area contributed by atoms with E-state index in [0.717, 1.165) is 42.9 Å². The average molecular weight is 444 g/mol. The van der Waals surface area contributed by atoms with Crippen LogP contribution < -0.4 is 11.1 Å². The maximum atomic E-state index is 5.82. The van der Waals surface area contributed by atoms with E-state index < -0.39 is 0 Å². The molecule has 1 heterocycles. The van der Waals surface area contributed by atoms with Gasteiger partial charge in [0.1, 0.15) is 0 Å². The number of nitrogens with one attached hydrogen (secondary N) is 1. The summed E-state index contributed by atoms with van der Waals surface area (Å²) in [5.74, 6) is 0.507. The van der Waals surface area contributed by atoms with Crippen LogP contribution >= 0.6 is 35.3 Å². The molecule has 0 aliphatic rings. The second kappa shape index (κ2) is 11.4. The molecule has 0 bridgehead atoms. The van der Waals surface area contributed by atoms with E-state index >= 15 is 0 Å². The van der Waals surface area contributed by atoms with Crippen LogP contribution in [-0.4, -0.2) is 17.5 Å². The van der Waals surface area contributed by atoms with Crippen LogP contribution in [0.2, 0.25) is 0 Å². The van der Waals surface area contributed by atoms with Crippen LogP contribution in [0.4, 0.5) is 0 Å². The Bertz CT molecular complexity index is 583. The van der Waals surface area contributed by atoms with Crippen molar-refractivity contribution in [3.8, 4) is 0 Å². The number of hydrogen-bond donors (Lipinski definition) is 2. The van der Waals surface area contributed by atoms with Crippen molar-refractivity contribution in [2.45, 2.75) is 39.2 Å². The summed E-state index contributed by atoms with van der Waals surface area (Å²) in [6.07, 6.45) is 4.26. The molecule has 0 aliphatic carbocycles. The molecule has 126 valence electrons. The topological polar surface area (TPSA) is 63.3 Å². The van der Waals surface area contributed by atoms with Gasteiger partial charge in [0.2, 0.25) is 0 Å². The maximum absolute atomic E-state index is 5.82. The van der Waals surface area contributed by atoms with Crippen molar-refractivity contribution in [1.29, 1.82) is 0 Å². The van der Waals surface area contributed by atoms with Gasteiger partial charge in [-0.3, -0.25) is 0 Å². The molecule has 0 saturated heterocycles. The zero-order valence-electron chi connectivity index (χ0n) is 13.5. The Hall–Kier alpha value is -1.15. The fraction of sp³-hybridized carbons (Fsp3) is 0.412. The van der Waals surface area contributed by atoms with E-state index in [2.05, 4.69) is 51.9 Å². The van der Waals surface area contributed by atoms with Gasteiger partial charge < -0.3 is 11.1 Å². The first-order chi connectivity index (χ1) is 10.8. The van der Waals surface area contributed by atoms with Crippen LogP contribution in [0, 0.1) is 0 Å². The SMILES string of the molecule is CCCCNC(N)=NCc1csc(CCc2ccccc2)n1.I. The molecule has 3 N–H and O–H groups in total. The smallest absolute Gasteiger partial charge is 0.188 e. The first-order valence-corrected chi connectivity index (χ1v) is 8.67. The van der Waals surface area contributed by atoms with Crippen LogP contribution in [-0.2, 0) is 19.4 Å². The fourth-order valence-corrected chi connectivity index (χ4v) is 2.84. The molecular weight excluding hydrogens is 419 g/mol. The number of aliphatic imine (C=N–C) groups is 1. The predicted octanol–water partition coefficient (Wildman–Crippen LogP) is 3.75. The number of benzene rings is 1. The highest BCUT2D eigenvalue weighted by atomic mass is 127. The Balaban J connectivity index is 0.00000264. The summed E-state index contributed by atoms with van der Waals surface area (Å²) in [6.45, 7) is 3.58. The molecule has 0 fully saturated rings. The quantitative estimate of drug-likeness (QED) is 0.282. The van der Waals surface area contributed by atoms with Crippen molar-refractivity contribution in [2.24, 2.45) is 10.7 Å². The lowest BCUT2D eigenvalue weighted by atomic mass is 10.1. The Morgan fingerprint density at radius 3 is 2.78 bits per heavy atom. The van der Waals surface area contributed by atoms with Gasteiger partial charge in [0.15, 0.2) is 5.96 Å². The third kappa shape index (κ3) is 7.78. The molecule has 0 spiro atoms. The molecular formula is C17H25IN4S. The Morgan fingerprint density at radius 1 is 1.26 bits per heavy atom. The zero-order chi connectivity index (χ0) is 15.6. The molecule has 0 amide bonds. The van der Waals surface area contributed by atoms with Gasteiger partial charge in [0.25, 0.3) is 0 Å². The van der Waals surface area contributed by atoms with E-state index in [1.807, 2.05) is 6.07 Å². The van der Waals surface area contributed by atoms with Crippen molar-refractivity contribution in [3.63, 3.8) is 0 Å². The van der Waals surface area contributed by atoms with Gasteiger partial charge in [-0.1, -0.05) is 43.7 Å². The fourth-order valence-electron chi connectivity index (χ4n) is 2.05. The first-order valence-electron chi connectivity index (χ1n) is 7.79. The Morgan fingerprint density at radius 2 is 2.04 bits per heavy atom. The number of aryl methyl sites for hydroxylation is 2. The van der Waals surface area contributed by atoms with Crippen molar-refractivity contribution in [1.82, 2.24) is 10.3 Å². The highest BCUT2D eigenvalue weighted by molar-refractivity contribution is 14.0. The first kappa shape index (κ1) is 19.9. The number of unbranched alkanes of at least 4 members (excludes halogenated alkanes) is 1. The Labute approximate surface area is 159 Å². The standard InChI is InChI=1S/C17H24N4S.HI/c1-2-3-11-19-17(18)20-12-15-13-22-16(21-15)10-9-14-7-5-4-6-8-14;/h4-8,13H,2-3,9-12H2,1H3,(H3,18,19,20);1H. The maximum Gasteiger partial charge on any atom is 0.188 e. The number of rotatable bonds is 8. The van der Waals surface area contributed by atoms with Crippen LogP contribution in [0.5, 0.6) is 0 Å². The minimum absolute atomic E-state index is 0. The molecule has 0 unspecified atom stereocenters. The number of aromatic nitrogens is 1. The summed E-state index contributed by atoms with van der Waals surface area (Å²) in [5.41, 5.74) is 8.16. The molecule has 4 nitrogen and oxygen atoms in total. The van der Waals surface area contributed by atoms with Crippen molar-refractivity contribution >= 4 is 41.3 Å². The number of nitrogens with zero attached hydrogens (tertiary/aromatic N) is 2. The van der Waals surface area contributed by atoms with Crippen LogP contribution in [0.3, 0.4) is 0 Å². The van der Waals surface area contributed by atoms with Gasteiger partial charge >= 0.3 is 0 Å². The van der Waals surface area contributed by atoms with Gasteiger partial charge in [-0.2, -0.15) is 0 Å². The van der Waals surface area contributed by atoms with Gasteiger partial charge in [0.05, 0.1) is 17.2 Å². The van der Waals surface area contributed by atoms with Crippen molar-refractivity contribution < 1.29 is 0 Å². The lowest BCUT2D eigenvalue weighted by Crippen LogP contribution is -2.32. The molecule has 2 aromatic rings. The van der Waals surface area contributed by atoms with E-state index in [4.69, 9.17) is 5.73 Å². The van der Waals surface area contributed by atoms with Crippen molar-refractivity contribution in [3.05, 3.63) is 52.0 Å². The van der Waals surface area contributed by atoms with Crippen molar-refractivity contribution in [2.75, 3.05) is 6.54 Å². The summed E-state index contributed by atoms with van der Waals surface area (Å²) in [4.78, 5) is 8.95. The van der Waals surface area contributed by atoms with Crippen LogP contribution in [0.1, 0.15) is 36.0 Å². The van der Waals surface area contributed by atoms with Crippen LogP contribution in [0.25, 0.3) is 0 Å². The normalized spacial score (nSPS) is 11.1. The molecule has 0 atom stereocenters. The molecule has 1 aromatic carbocycles. The molecule has 2 rings (SSSR count). The minimum atomic E-state index is 0. The minimum Gasteiger partial charge on any atom is -0.370 e. The third-order valence-corrected chi connectivity index (χ3v) is 4.27. The predicted molar refractivity (Wildman–Crippen MR) is 110 cm³/mol. The zero-order valence-corrected chi connectivity index (χ0v) is 16.6. The number of nitrogens with two attached hydrogens (primary N) is 1. The summed E-state index contributed by atoms with van der Waals surface area (Å²) >= 11 is 1.70. The molecule has 0 aliphatic heterocycles. The summed E-state index contributed by atoms with van der Waals surface area (Å²) < 4.78 is 0. The molecule has 1 aromatic heterocycles. The van der Waals surface area contributed by atoms with E-state index in [1.165, 1.54) is 5.56 Å². The number of thiazole rings is 1. The van der Waals surface area contributed by atoms with E-state index in [0.29, 0.717) is 12.5 Å². The largest absolute Gasteiger partial charge is 0.370 e. The van der Waals surface area contributed by atoms with E-state index in [1.54, 1.807) is 11.3 Å². The number of guanidine groups is 1. The number of halogens is 1. The second-order valence-electron chi connectivity index (χ2n) is 5.20. The van der Waals surface area contributed by atoms with Gasteiger partial charge in [-0.25, -0.2) is 9.98 Å². The van der Waals surface area contributed by atoms with Gasteiger partial charge in [0, 0.05) is 18.3 Å². The summed E-state index contributed by atoms with van der Waals surface area (Å²) in [6, 6.07) is 10.5. The third-order valence-electron chi connectivity index (χ3n) is 3.32. The summed E-state index contributed by atoms with van der Waals surface area (Å²) in [7, 11) is 0. The number of hydrogen-bond acceptors (Lipinski definition) is 3. The molecule has 0 radical (unpaired) electrons. The van der Waals surface area contributed by atoms with Gasteiger partial charge in [-0.15, -0.1) is 35.3 Å². The second-order valence-corrected chi connectivity index (χ2v) is 6.14. The highest BCUT2D eigenvalue weighted by Crippen LogP contribution is 2.13. The lowest BCUT2D eigenvalue weighted by Gasteiger charge is -2.03. The lowest BCUT2D eigenvalue weighted by molar-refractivity contribution is 0.747. The average Bonchev–Trinajstić information content (AvgIpc) is 3.00. The Kier molecular flexibility index (Phi) is 9.86. The molecule has 6 heteroatoms. The van der Waals surface area contributed by atoms with Crippen LogP contribution in [0.15, 0.2) is 40.7 Å². The molecule has 0 saturated carbocycles. The summed E-state index contributed by atoms with van der Waals surface area (Å²) in [5, 5.41) is 6.34. The van der Waals surface area contributed by atoms with Gasteiger partial charge in [-0.05, 0) is 18.4 Å². The molecule has 23 heavy (non-hydrogen) atoms.